The van der Waals surface area contributed by atoms with E-state index in [0.29, 0.717) is 11.0 Å². The Kier molecular flexibility index (Phi) is 22.2. The molecule has 0 amide bonds. The first-order chi connectivity index (χ1) is 15.8. The highest BCUT2D eigenvalue weighted by Crippen LogP contribution is 2.38. The van der Waals surface area contributed by atoms with E-state index >= 15 is 0 Å². The molecule has 0 heterocycles. The number of phosphoric ester groups is 1. The van der Waals surface area contributed by atoms with Crippen LogP contribution in [0.2, 0.25) is 0 Å². The van der Waals surface area contributed by atoms with Gasteiger partial charge in [0.2, 0.25) is 0 Å². The van der Waals surface area contributed by atoms with E-state index in [2.05, 4.69) is 19.1 Å². The van der Waals surface area contributed by atoms with E-state index in [9.17, 15) is 9.46 Å². The van der Waals surface area contributed by atoms with Crippen LogP contribution < -0.4 is 4.89 Å². The number of phosphoric acid groups is 1. The van der Waals surface area contributed by atoms with Gasteiger partial charge in [-0.3, -0.25) is 4.57 Å². The molecule has 33 heavy (non-hydrogen) atoms. The maximum Gasteiger partial charge on any atom is 0.268 e. The fourth-order valence-electron chi connectivity index (χ4n) is 3.70. The van der Waals surface area contributed by atoms with Gasteiger partial charge in [0.15, 0.2) is 0 Å². The van der Waals surface area contributed by atoms with Gasteiger partial charge in [-0.05, 0) is 32.1 Å². The van der Waals surface area contributed by atoms with E-state index in [1.165, 1.54) is 96.3 Å². The minimum atomic E-state index is -4.14. The van der Waals surface area contributed by atoms with Gasteiger partial charge in [-0.15, -0.1) is 0 Å². The molecule has 6 heteroatoms. The molecule has 0 aromatic rings. The van der Waals surface area contributed by atoms with Crippen LogP contribution in [0.5, 0.6) is 0 Å². The summed E-state index contributed by atoms with van der Waals surface area (Å²) in [7, 11) is 1.85. The number of quaternary nitrogens is 1. The standard InChI is InChI=1S/C27H56NO4P/c1-5-6-7-8-9-10-11-12-13-14-15-16-17-18-19-20-21-22-23-24-26-31-33(29,30)32-27-25-28(2,3)4/h12-13H,5-11,14-27H2,1-4H3/b13-12+. The summed E-state index contributed by atoms with van der Waals surface area (Å²) in [6.07, 6.45) is 27.7. The summed E-state index contributed by atoms with van der Waals surface area (Å²) < 4.78 is 22.2. The maximum atomic E-state index is 11.7. The molecule has 0 radical (unpaired) electrons. The van der Waals surface area contributed by atoms with Crippen LogP contribution in [-0.2, 0) is 13.6 Å². The Morgan fingerprint density at radius 3 is 1.48 bits per heavy atom. The normalized spacial score (nSPS) is 14.2. The predicted octanol–water partition coefficient (Wildman–Crippen LogP) is 7.79. The lowest BCUT2D eigenvalue weighted by Crippen LogP contribution is -2.37. The summed E-state index contributed by atoms with van der Waals surface area (Å²) in [5, 5.41) is 0. The summed E-state index contributed by atoms with van der Waals surface area (Å²) in [4.78, 5) is 11.7. The second-order valence-corrected chi connectivity index (χ2v) is 11.9. The van der Waals surface area contributed by atoms with E-state index in [4.69, 9.17) is 9.05 Å². The first-order valence-corrected chi connectivity index (χ1v) is 15.3. The molecule has 5 nitrogen and oxygen atoms in total. The molecule has 1 unspecified atom stereocenters. The maximum absolute atomic E-state index is 11.7. The lowest BCUT2D eigenvalue weighted by Gasteiger charge is -2.27. The van der Waals surface area contributed by atoms with Gasteiger partial charge in [-0.1, -0.05) is 103 Å². The number of rotatable bonds is 25. The molecule has 0 aromatic carbocycles. The minimum Gasteiger partial charge on any atom is -0.756 e. The Bertz CT molecular complexity index is 491. The first kappa shape index (κ1) is 32.8. The molecule has 0 saturated carbocycles. The fourth-order valence-corrected chi connectivity index (χ4v) is 4.43. The molecule has 198 valence electrons. The van der Waals surface area contributed by atoms with Crippen molar-refractivity contribution in [1.29, 1.82) is 0 Å². The van der Waals surface area contributed by atoms with Crippen molar-refractivity contribution in [3.63, 3.8) is 0 Å². The average Bonchev–Trinajstić information content (AvgIpc) is 2.73. The molecule has 1 atom stereocenters. The molecule has 0 rings (SSSR count). The number of hydrogen-bond donors (Lipinski definition) is 0. The highest BCUT2D eigenvalue weighted by molar-refractivity contribution is 7.45. The molecular weight excluding hydrogens is 433 g/mol. The van der Waals surface area contributed by atoms with Crippen molar-refractivity contribution in [2.75, 3.05) is 40.9 Å². The summed E-state index contributed by atoms with van der Waals surface area (Å²) in [5.41, 5.74) is 0. The van der Waals surface area contributed by atoms with Gasteiger partial charge in [-0.2, -0.15) is 0 Å². The van der Waals surface area contributed by atoms with Crippen molar-refractivity contribution in [3.05, 3.63) is 12.2 Å². The third-order valence-electron chi connectivity index (χ3n) is 5.92. The number of allylic oxidation sites excluding steroid dienone is 2. The fraction of sp³-hybridized carbons (Fsp3) is 0.926. The van der Waals surface area contributed by atoms with Crippen molar-refractivity contribution in [2.24, 2.45) is 0 Å². The van der Waals surface area contributed by atoms with Crippen LogP contribution in [0.15, 0.2) is 12.2 Å². The number of likely N-dealkylation sites (N-methyl/N-ethyl adjacent to an activating group) is 1. The van der Waals surface area contributed by atoms with Crippen LogP contribution in [0.4, 0.5) is 0 Å². The summed E-state index contributed by atoms with van der Waals surface area (Å²) in [5.74, 6) is 0. The van der Waals surface area contributed by atoms with E-state index in [1.54, 1.807) is 0 Å². The summed E-state index contributed by atoms with van der Waals surface area (Å²) in [6, 6.07) is 0. The highest BCUT2D eigenvalue weighted by atomic mass is 31.2. The predicted molar refractivity (Wildman–Crippen MR) is 140 cm³/mol. The van der Waals surface area contributed by atoms with Crippen LogP contribution in [0.1, 0.15) is 122 Å². The molecule has 0 aliphatic rings. The Balaban J connectivity index is 3.29. The topological polar surface area (TPSA) is 58.6 Å². The average molecular weight is 490 g/mol. The van der Waals surface area contributed by atoms with Crippen molar-refractivity contribution < 1.29 is 23.0 Å². The zero-order valence-corrected chi connectivity index (χ0v) is 23.4. The molecule has 0 fully saturated rings. The van der Waals surface area contributed by atoms with Crippen molar-refractivity contribution in [1.82, 2.24) is 0 Å². The van der Waals surface area contributed by atoms with Crippen LogP contribution in [0, 0.1) is 0 Å². The van der Waals surface area contributed by atoms with E-state index in [0.717, 1.165) is 19.3 Å². The van der Waals surface area contributed by atoms with Gasteiger partial charge in [-0.25, -0.2) is 0 Å². The number of unbranched alkanes of at least 4 members (excludes halogenated alkanes) is 16. The molecule has 0 spiro atoms. The molecule has 0 aliphatic heterocycles. The van der Waals surface area contributed by atoms with E-state index < -0.39 is 7.82 Å². The second kappa shape index (κ2) is 22.3. The molecule has 0 bridgehead atoms. The smallest absolute Gasteiger partial charge is 0.268 e. The number of nitrogens with zero attached hydrogens (tertiary/aromatic N) is 1. The van der Waals surface area contributed by atoms with Gasteiger partial charge in [0.1, 0.15) is 13.2 Å². The Morgan fingerprint density at radius 2 is 1.03 bits per heavy atom. The van der Waals surface area contributed by atoms with Crippen LogP contribution >= 0.6 is 7.82 Å². The van der Waals surface area contributed by atoms with E-state index in [1.807, 2.05) is 21.1 Å². The lowest BCUT2D eigenvalue weighted by atomic mass is 10.1. The van der Waals surface area contributed by atoms with Gasteiger partial charge in [0, 0.05) is 0 Å². The Hall–Kier alpha value is -0.190. The van der Waals surface area contributed by atoms with Crippen molar-refractivity contribution in [2.45, 2.75) is 122 Å². The molecule has 0 aromatic heterocycles. The third kappa shape index (κ3) is 27.9. The monoisotopic (exact) mass is 489 g/mol. The third-order valence-corrected chi connectivity index (χ3v) is 6.91. The SMILES string of the molecule is CCCCCCCC/C=C/CCCCCCCCCCCCOP(=O)([O-])OCC[N+](C)(C)C. The molecule has 0 saturated heterocycles. The highest BCUT2D eigenvalue weighted by Gasteiger charge is 2.12. The van der Waals surface area contributed by atoms with Crippen LogP contribution in [0.25, 0.3) is 0 Å². The van der Waals surface area contributed by atoms with E-state index in [-0.39, 0.29) is 13.2 Å². The summed E-state index contributed by atoms with van der Waals surface area (Å²) >= 11 is 0. The number of hydrogen-bond acceptors (Lipinski definition) is 4. The van der Waals surface area contributed by atoms with Gasteiger partial charge >= 0.3 is 0 Å². The molecule has 0 aliphatic carbocycles. The lowest BCUT2D eigenvalue weighted by molar-refractivity contribution is -0.870. The molecular formula is C27H56NO4P. The van der Waals surface area contributed by atoms with Crippen LogP contribution in [0.3, 0.4) is 0 Å². The quantitative estimate of drug-likeness (QED) is 0.0568. The minimum absolute atomic E-state index is 0.167. The van der Waals surface area contributed by atoms with Gasteiger partial charge < -0.3 is 18.4 Å². The largest absolute Gasteiger partial charge is 0.756 e. The zero-order chi connectivity index (χ0) is 24.7. The van der Waals surface area contributed by atoms with Crippen molar-refractivity contribution >= 4 is 7.82 Å². The van der Waals surface area contributed by atoms with Gasteiger partial charge in [0.05, 0.1) is 27.7 Å². The molecule has 0 N–H and O–H groups in total. The van der Waals surface area contributed by atoms with Crippen molar-refractivity contribution in [3.8, 4) is 0 Å². The Morgan fingerprint density at radius 1 is 0.636 bits per heavy atom. The second-order valence-electron chi connectivity index (χ2n) is 10.5. The first-order valence-electron chi connectivity index (χ1n) is 13.8. The zero-order valence-electron chi connectivity index (χ0n) is 22.5. The Labute approximate surface area is 206 Å². The van der Waals surface area contributed by atoms with Gasteiger partial charge in [0.25, 0.3) is 7.82 Å². The summed E-state index contributed by atoms with van der Waals surface area (Å²) in [6.45, 7) is 3.30. The van der Waals surface area contributed by atoms with Crippen LogP contribution in [-0.4, -0.2) is 45.4 Å².